The third-order valence-electron chi connectivity index (χ3n) is 2.68. The molecule has 0 fully saturated rings. The number of carboxylic acid groups (broad SMARTS) is 1. The maximum Gasteiger partial charge on any atom is 0.407 e. The molecule has 1 N–H and O–H groups in total. The van der Waals surface area contributed by atoms with Gasteiger partial charge >= 0.3 is 6.09 Å². The number of nitrogens with zero attached hydrogens (tertiary/aromatic N) is 1. The average molecular weight is 197 g/mol. The molecule has 0 aromatic rings. The van der Waals surface area contributed by atoms with E-state index in [0.717, 1.165) is 12.8 Å². The zero-order chi connectivity index (χ0) is 10.8. The largest absolute Gasteiger partial charge is 0.465 e. The molecular weight excluding hydrogens is 178 g/mol. The Bertz CT molecular complexity index is 240. The second-order valence-electron chi connectivity index (χ2n) is 4.85. The molecule has 0 aliphatic carbocycles. The Morgan fingerprint density at radius 3 is 2.57 bits per heavy atom. The standard InChI is InChI=1S/C11H19NO2/c1-11(2,3)9-7-5-4-6-8-12(9)10(13)14/h4-5,9H,6-8H2,1-3H3,(H,13,14). The van der Waals surface area contributed by atoms with Crippen molar-refractivity contribution in [1.29, 1.82) is 0 Å². The maximum atomic E-state index is 11.1. The van der Waals surface area contributed by atoms with E-state index in [9.17, 15) is 4.79 Å². The van der Waals surface area contributed by atoms with E-state index in [1.165, 1.54) is 0 Å². The van der Waals surface area contributed by atoms with Gasteiger partial charge in [-0.2, -0.15) is 0 Å². The third kappa shape index (κ3) is 2.50. The quantitative estimate of drug-likeness (QED) is 0.606. The van der Waals surface area contributed by atoms with E-state index in [4.69, 9.17) is 5.11 Å². The zero-order valence-electron chi connectivity index (χ0n) is 9.16. The monoisotopic (exact) mass is 197 g/mol. The molecule has 1 amide bonds. The predicted octanol–water partition coefficient (Wildman–Crippen LogP) is 2.73. The summed E-state index contributed by atoms with van der Waals surface area (Å²) in [5.74, 6) is 0. The summed E-state index contributed by atoms with van der Waals surface area (Å²) in [7, 11) is 0. The van der Waals surface area contributed by atoms with E-state index in [0.29, 0.717) is 6.54 Å². The lowest BCUT2D eigenvalue weighted by Gasteiger charge is -2.37. The molecule has 80 valence electrons. The van der Waals surface area contributed by atoms with Crippen LogP contribution in [0.3, 0.4) is 0 Å². The van der Waals surface area contributed by atoms with Gasteiger partial charge < -0.3 is 10.0 Å². The van der Waals surface area contributed by atoms with E-state index in [2.05, 4.69) is 32.9 Å². The van der Waals surface area contributed by atoms with Crippen LogP contribution in [0.15, 0.2) is 12.2 Å². The molecule has 1 atom stereocenters. The molecule has 3 nitrogen and oxygen atoms in total. The smallest absolute Gasteiger partial charge is 0.407 e. The van der Waals surface area contributed by atoms with E-state index in [-0.39, 0.29) is 11.5 Å². The van der Waals surface area contributed by atoms with Crippen molar-refractivity contribution in [3.8, 4) is 0 Å². The number of amides is 1. The average Bonchev–Trinajstić information content (AvgIpc) is 2.26. The van der Waals surface area contributed by atoms with Crippen LogP contribution in [0.25, 0.3) is 0 Å². The number of hydrogen-bond acceptors (Lipinski definition) is 1. The highest BCUT2D eigenvalue weighted by Gasteiger charge is 2.32. The number of carbonyl (C=O) groups is 1. The van der Waals surface area contributed by atoms with Crippen molar-refractivity contribution in [1.82, 2.24) is 4.90 Å². The molecule has 0 radical (unpaired) electrons. The van der Waals surface area contributed by atoms with Gasteiger partial charge in [0.05, 0.1) is 0 Å². The first-order valence-electron chi connectivity index (χ1n) is 5.07. The Hall–Kier alpha value is -0.990. The summed E-state index contributed by atoms with van der Waals surface area (Å²) >= 11 is 0. The Labute approximate surface area is 85.4 Å². The summed E-state index contributed by atoms with van der Waals surface area (Å²) in [6.07, 6.45) is 5.03. The van der Waals surface area contributed by atoms with Crippen LogP contribution in [-0.4, -0.2) is 28.7 Å². The van der Waals surface area contributed by atoms with Crippen molar-refractivity contribution < 1.29 is 9.90 Å². The molecule has 0 spiro atoms. The molecule has 3 heteroatoms. The van der Waals surface area contributed by atoms with Gasteiger partial charge in [-0.05, 0) is 18.3 Å². The van der Waals surface area contributed by atoms with Gasteiger partial charge in [-0.1, -0.05) is 32.9 Å². The Morgan fingerprint density at radius 2 is 2.07 bits per heavy atom. The van der Waals surface area contributed by atoms with Gasteiger partial charge in [0.2, 0.25) is 0 Å². The summed E-state index contributed by atoms with van der Waals surface area (Å²) < 4.78 is 0. The SMILES string of the molecule is CC(C)(C)C1CC=CCCN1C(=O)O. The molecule has 0 aromatic heterocycles. The van der Waals surface area contributed by atoms with Crippen LogP contribution in [0.4, 0.5) is 4.79 Å². The first kappa shape index (κ1) is 11.1. The summed E-state index contributed by atoms with van der Waals surface area (Å²) in [5.41, 5.74) is 0.00701. The van der Waals surface area contributed by atoms with Gasteiger partial charge in [-0.3, -0.25) is 0 Å². The highest BCUT2D eigenvalue weighted by Crippen LogP contribution is 2.29. The van der Waals surface area contributed by atoms with Crippen LogP contribution in [0, 0.1) is 5.41 Å². The van der Waals surface area contributed by atoms with Crippen LogP contribution in [0.5, 0.6) is 0 Å². The lowest BCUT2D eigenvalue weighted by atomic mass is 9.84. The molecule has 1 rings (SSSR count). The van der Waals surface area contributed by atoms with E-state index < -0.39 is 6.09 Å². The third-order valence-corrected chi connectivity index (χ3v) is 2.68. The number of hydrogen-bond donors (Lipinski definition) is 1. The predicted molar refractivity (Wildman–Crippen MR) is 56.3 cm³/mol. The fourth-order valence-electron chi connectivity index (χ4n) is 1.89. The van der Waals surface area contributed by atoms with Crippen LogP contribution in [0.1, 0.15) is 33.6 Å². The molecule has 1 aliphatic heterocycles. The fourth-order valence-corrected chi connectivity index (χ4v) is 1.89. The van der Waals surface area contributed by atoms with Crippen molar-refractivity contribution in [3.05, 3.63) is 12.2 Å². The molecule has 0 saturated carbocycles. The van der Waals surface area contributed by atoms with Crippen LogP contribution in [-0.2, 0) is 0 Å². The van der Waals surface area contributed by atoms with Crippen molar-refractivity contribution >= 4 is 6.09 Å². The number of rotatable bonds is 0. The van der Waals surface area contributed by atoms with Crippen molar-refractivity contribution in [3.63, 3.8) is 0 Å². The molecule has 0 bridgehead atoms. The second-order valence-corrected chi connectivity index (χ2v) is 4.85. The lowest BCUT2D eigenvalue weighted by molar-refractivity contribution is 0.0863. The Morgan fingerprint density at radius 1 is 1.43 bits per heavy atom. The van der Waals surface area contributed by atoms with Crippen LogP contribution >= 0.6 is 0 Å². The molecule has 0 saturated heterocycles. The van der Waals surface area contributed by atoms with Gasteiger partial charge in [-0.15, -0.1) is 0 Å². The zero-order valence-corrected chi connectivity index (χ0v) is 9.16. The first-order chi connectivity index (χ1) is 6.43. The molecule has 1 heterocycles. The topological polar surface area (TPSA) is 40.5 Å². The van der Waals surface area contributed by atoms with Crippen molar-refractivity contribution in [2.45, 2.75) is 39.7 Å². The Balaban J connectivity index is 2.84. The highest BCUT2D eigenvalue weighted by molar-refractivity contribution is 5.65. The van der Waals surface area contributed by atoms with Crippen LogP contribution in [0.2, 0.25) is 0 Å². The summed E-state index contributed by atoms with van der Waals surface area (Å²) in [6.45, 7) is 6.89. The first-order valence-corrected chi connectivity index (χ1v) is 5.07. The van der Waals surface area contributed by atoms with Gasteiger partial charge in [0.25, 0.3) is 0 Å². The minimum absolute atomic E-state index is 0.00701. The second kappa shape index (κ2) is 4.03. The fraction of sp³-hybridized carbons (Fsp3) is 0.727. The summed E-state index contributed by atoms with van der Waals surface area (Å²) in [4.78, 5) is 12.6. The van der Waals surface area contributed by atoms with E-state index >= 15 is 0 Å². The molecule has 0 aromatic carbocycles. The molecular formula is C11H19NO2. The Kier molecular flexibility index (Phi) is 3.19. The van der Waals surface area contributed by atoms with Crippen molar-refractivity contribution in [2.24, 2.45) is 5.41 Å². The van der Waals surface area contributed by atoms with Gasteiger partial charge in [0.15, 0.2) is 0 Å². The van der Waals surface area contributed by atoms with Crippen molar-refractivity contribution in [2.75, 3.05) is 6.54 Å². The summed E-state index contributed by atoms with van der Waals surface area (Å²) in [5, 5.41) is 9.10. The van der Waals surface area contributed by atoms with E-state index in [1.807, 2.05) is 0 Å². The molecule has 1 unspecified atom stereocenters. The van der Waals surface area contributed by atoms with Gasteiger partial charge in [-0.25, -0.2) is 4.79 Å². The summed E-state index contributed by atoms with van der Waals surface area (Å²) in [6, 6.07) is 0.0961. The van der Waals surface area contributed by atoms with Gasteiger partial charge in [0, 0.05) is 12.6 Å². The molecule has 14 heavy (non-hydrogen) atoms. The van der Waals surface area contributed by atoms with Gasteiger partial charge in [0.1, 0.15) is 0 Å². The molecule has 1 aliphatic rings. The normalized spacial score (nSPS) is 23.4. The highest BCUT2D eigenvalue weighted by atomic mass is 16.4. The minimum Gasteiger partial charge on any atom is -0.465 e. The maximum absolute atomic E-state index is 11.1. The minimum atomic E-state index is -0.798. The van der Waals surface area contributed by atoms with E-state index in [1.54, 1.807) is 4.90 Å². The van der Waals surface area contributed by atoms with Crippen LogP contribution < -0.4 is 0 Å². The lowest BCUT2D eigenvalue weighted by Crippen LogP contribution is -2.46.